The monoisotopic (exact) mass is 270 g/mol. The summed E-state index contributed by atoms with van der Waals surface area (Å²) in [4.78, 5) is 0. The zero-order chi connectivity index (χ0) is 12.5. The second-order valence-electron chi connectivity index (χ2n) is 3.91. The molecule has 0 spiro atoms. The summed E-state index contributed by atoms with van der Waals surface area (Å²) in [6.45, 7) is 3.96. The lowest BCUT2D eigenvalue weighted by Gasteiger charge is -2.09. The van der Waals surface area contributed by atoms with Crippen molar-refractivity contribution in [1.82, 2.24) is 10.6 Å². The smallest absolute Gasteiger partial charge is 0.166 e. The van der Waals surface area contributed by atoms with Crippen LogP contribution in [0.5, 0.6) is 0 Å². The summed E-state index contributed by atoms with van der Waals surface area (Å²) in [5.74, 6) is 0. The second-order valence-corrected chi connectivity index (χ2v) is 4.76. The maximum Gasteiger partial charge on any atom is 0.166 e. The third-order valence-electron chi connectivity index (χ3n) is 2.43. The van der Waals surface area contributed by atoms with E-state index in [1.165, 1.54) is 12.0 Å². The first kappa shape index (κ1) is 14.3. The van der Waals surface area contributed by atoms with Crippen LogP contribution in [-0.4, -0.2) is 18.2 Å². The third-order valence-corrected chi connectivity index (χ3v) is 2.97. The average molecular weight is 271 g/mol. The first-order valence-electron chi connectivity index (χ1n) is 5.98. The molecule has 0 heterocycles. The lowest BCUT2D eigenvalue weighted by molar-refractivity contribution is 0.737. The summed E-state index contributed by atoms with van der Waals surface area (Å²) in [6, 6.07) is 7.90. The maximum atomic E-state index is 5.82. The topological polar surface area (TPSA) is 24.1 Å². The van der Waals surface area contributed by atoms with Crippen molar-refractivity contribution in [3.63, 3.8) is 0 Å². The van der Waals surface area contributed by atoms with Gasteiger partial charge in [-0.2, -0.15) is 0 Å². The summed E-state index contributed by atoms with van der Waals surface area (Å²) in [6.07, 6.45) is 3.28. The number of hydrogen-bond donors (Lipinski definition) is 2. The minimum atomic E-state index is 0.743. The predicted molar refractivity (Wildman–Crippen MR) is 78.7 cm³/mol. The molecule has 1 aromatic rings. The Labute approximate surface area is 114 Å². The molecule has 0 saturated carbocycles. The van der Waals surface area contributed by atoms with Gasteiger partial charge in [-0.25, -0.2) is 0 Å². The van der Waals surface area contributed by atoms with Crippen LogP contribution in [0.4, 0.5) is 0 Å². The van der Waals surface area contributed by atoms with E-state index in [1.54, 1.807) is 0 Å². The van der Waals surface area contributed by atoms with Crippen LogP contribution < -0.4 is 10.6 Å². The van der Waals surface area contributed by atoms with Crippen LogP contribution >= 0.6 is 23.8 Å². The van der Waals surface area contributed by atoms with Gasteiger partial charge in [-0.1, -0.05) is 37.1 Å². The SMILES string of the molecule is CCCCNC(=S)NCCc1ccc(Cl)cc1. The molecule has 0 saturated heterocycles. The van der Waals surface area contributed by atoms with E-state index in [1.807, 2.05) is 24.3 Å². The molecular formula is C13H19ClN2S. The van der Waals surface area contributed by atoms with Crippen molar-refractivity contribution in [2.45, 2.75) is 26.2 Å². The number of rotatable bonds is 6. The summed E-state index contributed by atoms with van der Waals surface area (Å²) < 4.78 is 0. The van der Waals surface area contributed by atoms with Gasteiger partial charge in [0.2, 0.25) is 0 Å². The molecule has 0 fully saturated rings. The molecule has 0 bridgehead atoms. The molecule has 0 radical (unpaired) electrons. The first-order chi connectivity index (χ1) is 8.22. The minimum Gasteiger partial charge on any atom is -0.363 e. The number of halogens is 1. The highest BCUT2D eigenvalue weighted by Crippen LogP contribution is 2.09. The molecule has 4 heteroatoms. The normalized spacial score (nSPS) is 10.0. The fourth-order valence-corrected chi connectivity index (χ4v) is 1.74. The van der Waals surface area contributed by atoms with Crippen molar-refractivity contribution in [3.8, 4) is 0 Å². The molecule has 1 aromatic carbocycles. The molecule has 2 N–H and O–H groups in total. The zero-order valence-electron chi connectivity index (χ0n) is 10.1. The molecule has 1 rings (SSSR count). The van der Waals surface area contributed by atoms with Crippen LogP contribution in [0.3, 0.4) is 0 Å². The number of benzene rings is 1. The van der Waals surface area contributed by atoms with Crippen molar-refractivity contribution in [2.75, 3.05) is 13.1 Å². The quantitative estimate of drug-likeness (QED) is 0.613. The van der Waals surface area contributed by atoms with Crippen molar-refractivity contribution in [3.05, 3.63) is 34.9 Å². The van der Waals surface area contributed by atoms with Gasteiger partial charge < -0.3 is 10.6 Å². The fraction of sp³-hybridized carbons (Fsp3) is 0.462. The summed E-state index contributed by atoms with van der Waals surface area (Å²) >= 11 is 11.0. The van der Waals surface area contributed by atoms with Gasteiger partial charge in [0, 0.05) is 18.1 Å². The van der Waals surface area contributed by atoms with E-state index in [9.17, 15) is 0 Å². The Morgan fingerprint density at radius 1 is 1.18 bits per heavy atom. The Morgan fingerprint density at radius 2 is 1.82 bits per heavy atom. The highest BCUT2D eigenvalue weighted by Gasteiger charge is 1.96. The number of unbranched alkanes of at least 4 members (excludes halogenated alkanes) is 1. The molecular weight excluding hydrogens is 252 g/mol. The van der Waals surface area contributed by atoms with Gasteiger partial charge in [-0.3, -0.25) is 0 Å². The van der Waals surface area contributed by atoms with Crippen LogP contribution in [-0.2, 0) is 6.42 Å². The highest BCUT2D eigenvalue weighted by atomic mass is 35.5. The molecule has 0 atom stereocenters. The molecule has 0 amide bonds. The van der Waals surface area contributed by atoms with Crippen LogP contribution in [0.15, 0.2) is 24.3 Å². The maximum absolute atomic E-state index is 5.82. The Kier molecular flexibility index (Phi) is 6.97. The van der Waals surface area contributed by atoms with E-state index in [0.29, 0.717) is 0 Å². The molecule has 0 aliphatic rings. The van der Waals surface area contributed by atoms with Gasteiger partial charge in [0.25, 0.3) is 0 Å². The molecule has 0 aromatic heterocycles. The standard InChI is InChI=1S/C13H19ClN2S/c1-2-3-9-15-13(17)16-10-8-11-4-6-12(14)7-5-11/h4-7H,2-3,8-10H2,1H3,(H2,15,16,17). The zero-order valence-corrected chi connectivity index (χ0v) is 11.7. The van der Waals surface area contributed by atoms with Crippen molar-refractivity contribution >= 4 is 28.9 Å². The number of hydrogen-bond acceptors (Lipinski definition) is 1. The van der Waals surface area contributed by atoms with Gasteiger partial charge in [0.1, 0.15) is 0 Å². The minimum absolute atomic E-state index is 0.743. The van der Waals surface area contributed by atoms with Gasteiger partial charge in [0.15, 0.2) is 5.11 Å². The van der Waals surface area contributed by atoms with Crippen LogP contribution in [0, 0.1) is 0 Å². The molecule has 0 aliphatic heterocycles. The van der Waals surface area contributed by atoms with Crippen molar-refractivity contribution in [1.29, 1.82) is 0 Å². The number of nitrogens with one attached hydrogen (secondary N) is 2. The van der Waals surface area contributed by atoms with E-state index in [0.717, 1.165) is 36.1 Å². The Hall–Kier alpha value is -0.800. The van der Waals surface area contributed by atoms with Crippen LogP contribution in [0.2, 0.25) is 5.02 Å². The number of thiocarbonyl (C=S) groups is 1. The van der Waals surface area contributed by atoms with Crippen LogP contribution in [0.25, 0.3) is 0 Å². The van der Waals surface area contributed by atoms with E-state index in [-0.39, 0.29) is 0 Å². The van der Waals surface area contributed by atoms with Crippen LogP contribution in [0.1, 0.15) is 25.3 Å². The summed E-state index contributed by atoms with van der Waals surface area (Å²) in [7, 11) is 0. The average Bonchev–Trinajstić information content (AvgIpc) is 2.32. The van der Waals surface area contributed by atoms with E-state index in [4.69, 9.17) is 23.8 Å². The summed E-state index contributed by atoms with van der Waals surface area (Å²) in [5.41, 5.74) is 1.26. The molecule has 94 valence electrons. The van der Waals surface area contributed by atoms with Gasteiger partial charge >= 0.3 is 0 Å². The highest BCUT2D eigenvalue weighted by molar-refractivity contribution is 7.80. The Bertz CT molecular complexity index is 338. The Balaban J connectivity index is 2.14. The fourth-order valence-electron chi connectivity index (χ4n) is 1.41. The lowest BCUT2D eigenvalue weighted by atomic mass is 10.1. The van der Waals surface area contributed by atoms with Gasteiger partial charge in [0.05, 0.1) is 0 Å². The molecule has 2 nitrogen and oxygen atoms in total. The van der Waals surface area contributed by atoms with Crippen molar-refractivity contribution in [2.24, 2.45) is 0 Å². The molecule has 0 unspecified atom stereocenters. The van der Waals surface area contributed by atoms with E-state index < -0.39 is 0 Å². The molecule has 0 aliphatic carbocycles. The largest absolute Gasteiger partial charge is 0.363 e. The van der Waals surface area contributed by atoms with Gasteiger partial charge in [-0.15, -0.1) is 0 Å². The van der Waals surface area contributed by atoms with E-state index >= 15 is 0 Å². The predicted octanol–water partition coefficient (Wildman–Crippen LogP) is 3.15. The third kappa shape index (κ3) is 6.49. The van der Waals surface area contributed by atoms with E-state index in [2.05, 4.69) is 17.6 Å². The summed E-state index contributed by atoms with van der Waals surface area (Å²) in [5, 5.41) is 7.89. The van der Waals surface area contributed by atoms with Crippen molar-refractivity contribution < 1.29 is 0 Å². The second kappa shape index (κ2) is 8.31. The van der Waals surface area contributed by atoms with Gasteiger partial charge in [-0.05, 0) is 42.8 Å². The Morgan fingerprint density at radius 3 is 2.47 bits per heavy atom. The molecule has 17 heavy (non-hydrogen) atoms. The lowest BCUT2D eigenvalue weighted by Crippen LogP contribution is -2.36. The first-order valence-corrected chi connectivity index (χ1v) is 6.77.